The van der Waals surface area contributed by atoms with Gasteiger partial charge in [0.1, 0.15) is 17.1 Å². The van der Waals surface area contributed by atoms with Crippen LogP contribution in [0.25, 0.3) is 11.0 Å². The summed E-state index contributed by atoms with van der Waals surface area (Å²) >= 11 is 0. The first-order valence-corrected chi connectivity index (χ1v) is 14.4. The van der Waals surface area contributed by atoms with Gasteiger partial charge < -0.3 is 19.0 Å². The predicted octanol–water partition coefficient (Wildman–Crippen LogP) is 6.05. The first-order valence-electron chi connectivity index (χ1n) is 14.4. The summed E-state index contributed by atoms with van der Waals surface area (Å²) in [6, 6.07) is 24.3. The summed E-state index contributed by atoms with van der Waals surface area (Å²) in [6.07, 6.45) is 0.403. The second-order valence-corrected chi connectivity index (χ2v) is 11.3. The van der Waals surface area contributed by atoms with Crippen molar-refractivity contribution in [2.75, 3.05) is 18.6 Å². The van der Waals surface area contributed by atoms with Crippen LogP contribution in [-0.2, 0) is 23.3 Å². The minimum Gasteiger partial charge on any atom is -0.497 e. The zero-order valence-corrected chi connectivity index (χ0v) is 24.5. The van der Waals surface area contributed by atoms with Crippen molar-refractivity contribution in [3.8, 4) is 5.75 Å². The van der Waals surface area contributed by atoms with Gasteiger partial charge in [0.2, 0.25) is 5.76 Å². The Morgan fingerprint density at radius 2 is 1.59 bits per heavy atom. The van der Waals surface area contributed by atoms with Crippen molar-refractivity contribution in [2.45, 2.75) is 32.4 Å². The molecule has 0 bridgehead atoms. The highest BCUT2D eigenvalue weighted by atomic mass is 19.1. The summed E-state index contributed by atoms with van der Waals surface area (Å²) in [6.45, 7) is 3.85. The molecule has 0 saturated heterocycles. The van der Waals surface area contributed by atoms with Crippen LogP contribution in [0.3, 0.4) is 0 Å². The number of nitrogens with zero attached hydrogens (tertiary/aromatic N) is 2. The summed E-state index contributed by atoms with van der Waals surface area (Å²) < 4.78 is 26.4. The first-order chi connectivity index (χ1) is 21.2. The third-order valence-corrected chi connectivity index (χ3v) is 8.92. The molecule has 0 aliphatic carbocycles. The van der Waals surface area contributed by atoms with Gasteiger partial charge >= 0.3 is 0 Å². The number of halogens is 1. The number of aryl methyl sites for hydroxylation is 2. The fraction of sp³-hybridized carbons (Fsp3) is 0.194. The smallest absolute Gasteiger partial charge is 0.291 e. The van der Waals surface area contributed by atoms with E-state index in [0.29, 0.717) is 40.0 Å². The van der Waals surface area contributed by atoms with Crippen LogP contribution in [0.15, 0.2) is 94.1 Å². The zero-order valence-electron chi connectivity index (χ0n) is 24.5. The molecule has 2 aliphatic heterocycles. The van der Waals surface area contributed by atoms with Gasteiger partial charge in [0.15, 0.2) is 11.0 Å². The molecule has 0 saturated carbocycles. The van der Waals surface area contributed by atoms with Crippen molar-refractivity contribution in [1.82, 2.24) is 4.90 Å². The molecule has 1 atom stereocenters. The topological polar surface area (TPSA) is 80.1 Å². The normalized spacial score (nSPS) is 17.1. The summed E-state index contributed by atoms with van der Waals surface area (Å²) in [4.78, 5) is 46.7. The summed E-state index contributed by atoms with van der Waals surface area (Å²) in [7, 11) is 1.59. The van der Waals surface area contributed by atoms with E-state index in [1.165, 1.54) is 15.9 Å². The Hall–Kier alpha value is -5.24. The Bertz CT molecular complexity index is 2050. The van der Waals surface area contributed by atoms with Crippen molar-refractivity contribution >= 4 is 28.5 Å². The summed E-state index contributed by atoms with van der Waals surface area (Å²) in [5.41, 5.74) is 2.11. The molecule has 4 aromatic carbocycles. The molecule has 5 aromatic rings. The van der Waals surface area contributed by atoms with Crippen LogP contribution in [0, 0.1) is 19.7 Å². The minimum absolute atomic E-state index is 0.00136. The van der Waals surface area contributed by atoms with Crippen molar-refractivity contribution in [3.05, 3.63) is 140 Å². The van der Waals surface area contributed by atoms with Gasteiger partial charge in [0.25, 0.3) is 11.8 Å². The van der Waals surface area contributed by atoms with Crippen LogP contribution in [0.5, 0.6) is 5.75 Å². The van der Waals surface area contributed by atoms with E-state index >= 15 is 0 Å². The molecule has 1 spiro atoms. The van der Waals surface area contributed by atoms with E-state index in [1.807, 2.05) is 38.1 Å². The SMILES string of the molecule is COc1ccc(CCN2C(=O)c3oc4cc(C)c(C)cc4c(=O)c3C23C(=O)N(Cc2ccccc2F)c2ccccc23)cc1. The predicted molar refractivity (Wildman–Crippen MR) is 165 cm³/mol. The molecular weight excluding hydrogens is 559 g/mol. The molecule has 0 fully saturated rings. The number of carbonyl (C=O) groups excluding carboxylic acids is 2. The van der Waals surface area contributed by atoms with E-state index in [-0.39, 0.29) is 24.4 Å². The standard InChI is InChI=1S/C36H29FN2O5/c1-21-18-26-30(19-22(21)2)44-33-31(32(26)40)36(39(34(33)41)17-16-23-12-14-25(43-3)15-13-23)27-9-5-7-11-29(27)38(35(36)42)20-24-8-4-6-10-28(24)37/h4-15,18-19H,16-17,20H2,1-3H3. The molecule has 44 heavy (non-hydrogen) atoms. The Morgan fingerprint density at radius 1 is 0.886 bits per heavy atom. The molecule has 0 radical (unpaired) electrons. The lowest BCUT2D eigenvalue weighted by Crippen LogP contribution is -2.53. The largest absolute Gasteiger partial charge is 0.497 e. The Labute approximate surface area is 253 Å². The van der Waals surface area contributed by atoms with Gasteiger partial charge in [-0.3, -0.25) is 14.4 Å². The maximum Gasteiger partial charge on any atom is 0.291 e. The van der Waals surface area contributed by atoms with Gasteiger partial charge in [0.05, 0.1) is 30.3 Å². The Balaban J connectivity index is 1.45. The number of methoxy groups -OCH3 is 1. The molecule has 1 unspecified atom stereocenters. The highest BCUT2D eigenvalue weighted by Gasteiger charge is 2.64. The van der Waals surface area contributed by atoms with Gasteiger partial charge in [-0.25, -0.2) is 4.39 Å². The number of hydrogen-bond donors (Lipinski definition) is 0. The van der Waals surface area contributed by atoms with Crippen LogP contribution in [-0.4, -0.2) is 30.4 Å². The van der Waals surface area contributed by atoms with Crippen LogP contribution in [0.2, 0.25) is 0 Å². The summed E-state index contributed by atoms with van der Waals surface area (Å²) in [5, 5.41) is 0.300. The quantitative estimate of drug-likeness (QED) is 0.242. The van der Waals surface area contributed by atoms with Crippen LogP contribution in [0.4, 0.5) is 10.1 Å². The molecule has 0 N–H and O–H groups in total. The lowest BCUT2D eigenvalue weighted by atomic mass is 9.83. The second-order valence-electron chi connectivity index (χ2n) is 11.3. The number of carbonyl (C=O) groups is 2. The zero-order chi connectivity index (χ0) is 30.7. The van der Waals surface area contributed by atoms with Gasteiger partial charge in [0, 0.05) is 17.7 Å². The highest BCUT2D eigenvalue weighted by Crippen LogP contribution is 2.53. The number of para-hydroxylation sites is 1. The number of benzene rings is 4. The summed E-state index contributed by atoms with van der Waals surface area (Å²) in [5.74, 6) is -0.933. The van der Waals surface area contributed by atoms with Gasteiger partial charge in [-0.2, -0.15) is 0 Å². The Kier molecular flexibility index (Phi) is 6.39. The van der Waals surface area contributed by atoms with E-state index in [0.717, 1.165) is 16.7 Å². The van der Waals surface area contributed by atoms with Crippen molar-refractivity contribution in [1.29, 1.82) is 0 Å². The number of anilines is 1. The maximum atomic E-state index is 14.9. The molecule has 3 heterocycles. The average molecular weight is 589 g/mol. The van der Waals surface area contributed by atoms with Crippen molar-refractivity contribution < 1.29 is 23.1 Å². The number of ether oxygens (including phenoxy) is 1. The lowest BCUT2D eigenvalue weighted by molar-refractivity contribution is -0.126. The minimum atomic E-state index is -1.78. The van der Waals surface area contributed by atoms with Crippen LogP contribution >= 0.6 is 0 Å². The van der Waals surface area contributed by atoms with Gasteiger partial charge in [-0.15, -0.1) is 0 Å². The number of fused-ring (bicyclic) bond motifs is 5. The molecule has 8 heteroatoms. The first kappa shape index (κ1) is 27.6. The number of rotatable bonds is 6. The second kappa shape index (κ2) is 10.2. The fourth-order valence-electron chi connectivity index (χ4n) is 6.53. The monoisotopic (exact) mass is 588 g/mol. The third kappa shape index (κ3) is 3.90. The van der Waals surface area contributed by atoms with E-state index in [1.54, 1.807) is 61.7 Å². The van der Waals surface area contributed by atoms with Crippen molar-refractivity contribution in [3.63, 3.8) is 0 Å². The molecule has 220 valence electrons. The van der Waals surface area contributed by atoms with Crippen molar-refractivity contribution in [2.24, 2.45) is 0 Å². The van der Waals surface area contributed by atoms with E-state index in [9.17, 15) is 18.8 Å². The molecule has 7 nitrogen and oxygen atoms in total. The average Bonchev–Trinajstić information content (AvgIpc) is 3.42. The van der Waals surface area contributed by atoms with Gasteiger partial charge in [-0.1, -0.05) is 48.5 Å². The fourth-order valence-corrected chi connectivity index (χ4v) is 6.53. The van der Waals surface area contributed by atoms with E-state index < -0.39 is 28.6 Å². The highest BCUT2D eigenvalue weighted by molar-refractivity contribution is 6.17. The number of hydrogen-bond acceptors (Lipinski definition) is 5. The molecule has 1 aromatic heterocycles. The number of amides is 2. The molecular formula is C36H29FN2O5. The third-order valence-electron chi connectivity index (χ3n) is 8.92. The molecule has 2 amide bonds. The van der Waals surface area contributed by atoms with E-state index in [4.69, 9.17) is 9.15 Å². The molecule has 2 aliphatic rings. The van der Waals surface area contributed by atoms with E-state index in [2.05, 4.69) is 0 Å². The van der Waals surface area contributed by atoms with Gasteiger partial charge in [-0.05, 0) is 73.4 Å². The van der Waals surface area contributed by atoms with Crippen LogP contribution in [0.1, 0.15) is 43.9 Å². The Morgan fingerprint density at radius 3 is 2.34 bits per heavy atom. The lowest BCUT2D eigenvalue weighted by Gasteiger charge is -2.34. The maximum absolute atomic E-state index is 14.9. The van der Waals surface area contributed by atoms with Crippen LogP contribution < -0.4 is 15.1 Å². The molecule has 7 rings (SSSR count).